The first-order valence-corrected chi connectivity index (χ1v) is 6.56. The predicted octanol–water partition coefficient (Wildman–Crippen LogP) is 3.19. The lowest BCUT2D eigenvalue weighted by Crippen LogP contribution is -2.35. The molecule has 1 aromatic rings. The van der Waals surface area contributed by atoms with Gasteiger partial charge in [0, 0.05) is 13.1 Å². The molecule has 1 aromatic carbocycles. The van der Waals surface area contributed by atoms with E-state index in [4.69, 9.17) is 10.00 Å². The topological polar surface area (TPSA) is 53.3 Å². The standard InChI is InChI=1S/C16H18N2O2/c1-16(2,3)20-15(19)18-9-8-14(11-18)13-6-4-12(10-17)5-7-13/h4-8H,9,11H2,1-3H3. The first-order valence-electron chi connectivity index (χ1n) is 6.56. The fourth-order valence-corrected chi connectivity index (χ4v) is 1.99. The third-order valence-corrected chi connectivity index (χ3v) is 2.96. The molecule has 1 amide bonds. The zero-order valence-corrected chi connectivity index (χ0v) is 12.0. The Bertz CT molecular complexity index is 574. The summed E-state index contributed by atoms with van der Waals surface area (Å²) in [6.45, 7) is 6.67. The van der Waals surface area contributed by atoms with Crippen LogP contribution in [0, 0.1) is 11.3 Å². The van der Waals surface area contributed by atoms with Crippen molar-refractivity contribution in [3.05, 3.63) is 41.5 Å². The average Bonchev–Trinajstić information content (AvgIpc) is 2.86. The summed E-state index contributed by atoms with van der Waals surface area (Å²) in [6, 6.07) is 9.47. The smallest absolute Gasteiger partial charge is 0.410 e. The zero-order valence-electron chi connectivity index (χ0n) is 12.0. The number of hydrogen-bond donors (Lipinski definition) is 0. The Morgan fingerprint density at radius 3 is 2.50 bits per heavy atom. The number of benzene rings is 1. The van der Waals surface area contributed by atoms with Crippen LogP contribution in [0.2, 0.25) is 0 Å². The highest BCUT2D eigenvalue weighted by Crippen LogP contribution is 2.23. The number of rotatable bonds is 1. The third kappa shape index (κ3) is 3.39. The van der Waals surface area contributed by atoms with Crippen molar-refractivity contribution in [2.75, 3.05) is 13.1 Å². The number of carbonyl (C=O) groups excluding carboxylic acids is 1. The summed E-state index contributed by atoms with van der Waals surface area (Å²) in [4.78, 5) is 13.6. The van der Waals surface area contributed by atoms with Gasteiger partial charge < -0.3 is 9.64 Å². The molecule has 0 aliphatic carbocycles. The molecule has 0 atom stereocenters. The molecule has 1 aliphatic rings. The van der Waals surface area contributed by atoms with E-state index in [1.54, 1.807) is 17.0 Å². The Morgan fingerprint density at radius 1 is 1.30 bits per heavy atom. The normalized spacial score (nSPS) is 14.7. The Balaban J connectivity index is 2.01. The maximum absolute atomic E-state index is 12.0. The second-order valence-corrected chi connectivity index (χ2v) is 5.78. The van der Waals surface area contributed by atoms with Crippen LogP contribution in [0.5, 0.6) is 0 Å². The van der Waals surface area contributed by atoms with Crippen LogP contribution in [0.1, 0.15) is 31.9 Å². The van der Waals surface area contributed by atoms with Gasteiger partial charge in [-0.25, -0.2) is 4.79 Å². The summed E-state index contributed by atoms with van der Waals surface area (Å²) in [5.74, 6) is 0. The van der Waals surface area contributed by atoms with Crippen LogP contribution >= 0.6 is 0 Å². The summed E-state index contributed by atoms with van der Waals surface area (Å²) in [5, 5.41) is 8.78. The number of nitriles is 1. The molecule has 0 unspecified atom stereocenters. The average molecular weight is 270 g/mol. The van der Waals surface area contributed by atoms with Gasteiger partial charge in [-0.1, -0.05) is 18.2 Å². The first kappa shape index (κ1) is 14.1. The Morgan fingerprint density at radius 2 is 1.95 bits per heavy atom. The van der Waals surface area contributed by atoms with Gasteiger partial charge >= 0.3 is 6.09 Å². The van der Waals surface area contributed by atoms with Gasteiger partial charge in [-0.2, -0.15) is 5.26 Å². The van der Waals surface area contributed by atoms with Crippen molar-refractivity contribution in [2.24, 2.45) is 0 Å². The maximum Gasteiger partial charge on any atom is 0.410 e. The predicted molar refractivity (Wildman–Crippen MR) is 76.9 cm³/mol. The van der Waals surface area contributed by atoms with Crippen molar-refractivity contribution in [1.29, 1.82) is 5.26 Å². The van der Waals surface area contributed by atoms with Crippen LogP contribution in [0.15, 0.2) is 30.3 Å². The quantitative estimate of drug-likeness (QED) is 0.787. The molecule has 1 aliphatic heterocycles. The molecule has 0 saturated carbocycles. The van der Waals surface area contributed by atoms with Crippen molar-refractivity contribution in [1.82, 2.24) is 4.90 Å². The largest absolute Gasteiger partial charge is 0.444 e. The maximum atomic E-state index is 12.0. The lowest BCUT2D eigenvalue weighted by atomic mass is 10.1. The number of amides is 1. The molecule has 0 bridgehead atoms. The van der Waals surface area contributed by atoms with Gasteiger partial charge in [-0.3, -0.25) is 0 Å². The Labute approximate surface area is 119 Å². The molecule has 104 valence electrons. The van der Waals surface area contributed by atoms with Crippen LogP contribution in [-0.4, -0.2) is 29.7 Å². The van der Waals surface area contributed by atoms with Crippen molar-refractivity contribution in [2.45, 2.75) is 26.4 Å². The first-order chi connectivity index (χ1) is 9.39. The summed E-state index contributed by atoms with van der Waals surface area (Å²) >= 11 is 0. The molecule has 0 fully saturated rings. The lowest BCUT2D eigenvalue weighted by Gasteiger charge is -2.24. The van der Waals surface area contributed by atoms with E-state index >= 15 is 0 Å². The number of carbonyl (C=O) groups is 1. The van der Waals surface area contributed by atoms with Gasteiger partial charge in [0.05, 0.1) is 11.6 Å². The third-order valence-electron chi connectivity index (χ3n) is 2.96. The monoisotopic (exact) mass is 270 g/mol. The number of hydrogen-bond acceptors (Lipinski definition) is 3. The molecule has 0 saturated heterocycles. The van der Waals surface area contributed by atoms with Crippen molar-refractivity contribution in [3.63, 3.8) is 0 Å². The van der Waals surface area contributed by atoms with Gasteiger partial charge in [0.1, 0.15) is 5.60 Å². The zero-order chi connectivity index (χ0) is 14.8. The molecule has 4 nitrogen and oxygen atoms in total. The van der Waals surface area contributed by atoms with E-state index in [-0.39, 0.29) is 6.09 Å². The summed E-state index contributed by atoms with van der Waals surface area (Å²) in [7, 11) is 0. The molecule has 0 radical (unpaired) electrons. The summed E-state index contributed by atoms with van der Waals surface area (Å²) in [5.41, 5.74) is 2.28. The van der Waals surface area contributed by atoms with Crippen LogP contribution in [-0.2, 0) is 4.74 Å². The molecule has 1 heterocycles. The van der Waals surface area contributed by atoms with E-state index in [1.807, 2.05) is 39.0 Å². The van der Waals surface area contributed by atoms with E-state index in [9.17, 15) is 4.79 Å². The summed E-state index contributed by atoms with van der Waals surface area (Å²) in [6.07, 6.45) is 1.73. The molecule has 20 heavy (non-hydrogen) atoms. The highest BCUT2D eigenvalue weighted by atomic mass is 16.6. The molecule has 2 rings (SSSR count). The molecular formula is C16H18N2O2. The molecule has 0 spiro atoms. The van der Waals surface area contributed by atoms with E-state index in [0.29, 0.717) is 18.7 Å². The second kappa shape index (κ2) is 5.38. The van der Waals surface area contributed by atoms with Crippen molar-refractivity contribution < 1.29 is 9.53 Å². The fraction of sp³-hybridized carbons (Fsp3) is 0.375. The summed E-state index contributed by atoms with van der Waals surface area (Å²) < 4.78 is 5.35. The van der Waals surface area contributed by atoms with Crippen LogP contribution < -0.4 is 0 Å². The van der Waals surface area contributed by atoms with Crippen molar-refractivity contribution in [3.8, 4) is 6.07 Å². The molecule has 0 aromatic heterocycles. The Hall–Kier alpha value is -2.28. The number of ether oxygens (including phenoxy) is 1. The fourth-order valence-electron chi connectivity index (χ4n) is 1.99. The van der Waals surface area contributed by atoms with E-state index in [1.165, 1.54) is 0 Å². The lowest BCUT2D eigenvalue weighted by molar-refractivity contribution is 0.0306. The second-order valence-electron chi connectivity index (χ2n) is 5.78. The minimum atomic E-state index is -0.478. The van der Waals surface area contributed by atoms with Crippen molar-refractivity contribution >= 4 is 11.7 Å². The highest BCUT2D eigenvalue weighted by Gasteiger charge is 2.25. The van der Waals surface area contributed by atoms with E-state index < -0.39 is 5.60 Å². The minimum absolute atomic E-state index is 0.294. The van der Waals surface area contributed by atoms with Crippen LogP contribution in [0.25, 0.3) is 5.57 Å². The number of nitrogens with zero attached hydrogens (tertiary/aromatic N) is 2. The minimum Gasteiger partial charge on any atom is -0.444 e. The van der Waals surface area contributed by atoms with E-state index in [0.717, 1.165) is 11.1 Å². The van der Waals surface area contributed by atoms with Gasteiger partial charge in [0.15, 0.2) is 0 Å². The van der Waals surface area contributed by atoms with Gasteiger partial charge in [0.25, 0.3) is 0 Å². The SMILES string of the molecule is CC(C)(C)OC(=O)N1CC=C(c2ccc(C#N)cc2)C1. The van der Waals surface area contributed by atoms with Crippen LogP contribution in [0.3, 0.4) is 0 Å². The van der Waals surface area contributed by atoms with Gasteiger partial charge in [0.2, 0.25) is 0 Å². The Kier molecular flexibility index (Phi) is 3.80. The molecule has 4 heteroatoms. The van der Waals surface area contributed by atoms with E-state index in [2.05, 4.69) is 6.07 Å². The molecular weight excluding hydrogens is 252 g/mol. The van der Waals surface area contributed by atoms with Crippen LogP contribution in [0.4, 0.5) is 4.79 Å². The highest BCUT2D eigenvalue weighted by molar-refractivity contribution is 5.77. The van der Waals surface area contributed by atoms with Gasteiger partial charge in [-0.15, -0.1) is 0 Å². The molecule has 0 N–H and O–H groups in total. The van der Waals surface area contributed by atoms with Gasteiger partial charge in [-0.05, 0) is 44.0 Å².